The number of halogens is 3. The van der Waals surface area contributed by atoms with Crippen LogP contribution in [0.25, 0.3) is 0 Å². The molecule has 0 bridgehead atoms. The van der Waals surface area contributed by atoms with E-state index in [1.54, 1.807) is 18.2 Å². The lowest BCUT2D eigenvalue weighted by Gasteiger charge is -2.08. The van der Waals surface area contributed by atoms with Gasteiger partial charge < -0.3 is 5.73 Å². The van der Waals surface area contributed by atoms with E-state index in [1.807, 2.05) is 0 Å². The minimum absolute atomic E-state index is 0.122. The van der Waals surface area contributed by atoms with Crippen LogP contribution >= 0.6 is 27.5 Å². The molecule has 0 saturated heterocycles. The van der Waals surface area contributed by atoms with Crippen molar-refractivity contribution in [1.29, 1.82) is 0 Å². The van der Waals surface area contributed by atoms with Gasteiger partial charge in [0.2, 0.25) is 0 Å². The van der Waals surface area contributed by atoms with Gasteiger partial charge in [0.05, 0.1) is 21.4 Å². The molecule has 2 nitrogen and oxygen atoms in total. The topological polar surface area (TPSA) is 43.1 Å². The van der Waals surface area contributed by atoms with Crippen LogP contribution in [-0.4, -0.2) is 4.21 Å². The summed E-state index contributed by atoms with van der Waals surface area (Å²) in [4.78, 5) is 0.509. The summed E-state index contributed by atoms with van der Waals surface area (Å²) in [6.45, 7) is 0. The van der Waals surface area contributed by atoms with Crippen LogP contribution in [0.15, 0.2) is 45.8 Å². The highest BCUT2D eigenvalue weighted by molar-refractivity contribution is 9.10. The van der Waals surface area contributed by atoms with Crippen molar-refractivity contribution in [3.8, 4) is 0 Å². The SMILES string of the molecule is Nc1ccc(Br)cc1S(=O)Cc1cc(F)ccc1Cl. The molecule has 1 unspecified atom stereocenters. The molecular weight excluding hydrogens is 353 g/mol. The maximum Gasteiger partial charge on any atom is 0.123 e. The fraction of sp³-hybridized carbons (Fsp3) is 0.0769. The van der Waals surface area contributed by atoms with E-state index in [1.165, 1.54) is 18.2 Å². The van der Waals surface area contributed by atoms with Gasteiger partial charge >= 0.3 is 0 Å². The van der Waals surface area contributed by atoms with Crippen LogP contribution in [0.5, 0.6) is 0 Å². The second-order valence-electron chi connectivity index (χ2n) is 3.91. The Hall–Kier alpha value is -0.910. The average molecular weight is 363 g/mol. The summed E-state index contributed by atoms with van der Waals surface area (Å²) in [5.74, 6) is -0.282. The zero-order valence-corrected chi connectivity index (χ0v) is 12.9. The van der Waals surface area contributed by atoms with Gasteiger partial charge in [-0.2, -0.15) is 0 Å². The minimum atomic E-state index is -1.38. The molecule has 0 saturated carbocycles. The monoisotopic (exact) mass is 361 g/mol. The molecule has 6 heteroatoms. The standard InChI is InChI=1S/C13H10BrClFNOS/c14-9-1-4-12(17)13(6-9)19(18)7-8-5-10(16)2-3-11(8)15/h1-6H,7,17H2. The average Bonchev–Trinajstić information content (AvgIpc) is 2.36. The molecule has 100 valence electrons. The molecule has 2 aromatic carbocycles. The predicted molar refractivity (Wildman–Crippen MR) is 80.1 cm³/mol. The maximum absolute atomic E-state index is 13.2. The fourth-order valence-corrected chi connectivity index (χ4v) is 3.62. The molecular formula is C13H10BrClFNOS. The van der Waals surface area contributed by atoms with E-state index >= 15 is 0 Å². The van der Waals surface area contributed by atoms with Gasteiger partial charge in [0.25, 0.3) is 0 Å². The summed E-state index contributed by atoms with van der Waals surface area (Å²) < 4.78 is 26.2. The van der Waals surface area contributed by atoms with Crippen LogP contribution in [0.2, 0.25) is 5.02 Å². The number of anilines is 1. The molecule has 2 N–H and O–H groups in total. The van der Waals surface area contributed by atoms with E-state index in [-0.39, 0.29) is 5.75 Å². The summed E-state index contributed by atoms with van der Waals surface area (Å²) in [6.07, 6.45) is 0. The summed E-state index contributed by atoms with van der Waals surface area (Å²) >= 11 is 9.26. The molecule has 1 atom stereocenters. The first-order valence-electron chi connectivity index (χ1n) is 5.34. The molecule has 0 aliphatic heterocycles. The highest BCUT2D eigenvalue weighted by Crippen LogP contribution is 2.26. The van der Waals surface area contributed by atoms with Crippen molar-refractivity contribution in [3.05, 3.63) is 57.3 Å². The minimum Gasteiger partial charge on any atom is -0.398 e. The zero-order chi connectivity index (χ0) is 14.0. The van der Waals surface area contributed by atoms with Crippen molar-refractivity contribution >= 4 is 44.0 Å². The van der Waals surface area contributed by atoms with E-state index in [9.17, 15) is 8.60 Å². The number of hydrogen-bond donors (Lipinski definition) is 1. The van der Waals surface area contributed by atoms with Gasteiger partial charge in [-0.1, -0.05) is 27.5 Å². The highest BCUT2D eigenvalue weighted by atomic mass is 79.9. The van der Waals surface area contributed by atoms with Crippen molar-refractivity contribution in [2.24, 2.45) is 0 Å². The third-order valence-corrected chi connectivity index (χ3v) is 4.79. The molecule has 0 aliphatic rings. The summed E-state index contributed by atoms with van der Waals surface area (Å²) in [5.41, 5.74) is 6.73. The summed E-state index contributed by atoms with van der Waals surface area (Å²) in [6, 6.07) is 9.14. The number of hydrogen-bond acceptors (Lipinski definition) is 2. The molecule has 0 fully saturated rings. The van der Waals surface area contributed by atoms with Gasteiger partial charge in [-0.05, 0) is 42.0 Å². The Labute approximate surface area is 126 Å². The second kappa shape index (κ2) is 6.03. The smallest absolute Gasteiger partial charge is 0.123 e. The highest BCUT2D eigenvalue weighted by Gasteiger charge is 2.12. The number of benzene rings is 2. The maximum atomic E-state index is 13.2. The lowest BCUT2D eigenvalue weighted by atomic mass is 10.2. The lowest BCUT2D eigenvalue weighted by molar-refractivity contribution is 0.626. The van der Waals surface area contributed by atoms with Crippen LogP contribution in [0.4, 0.5) is 10.1 Å². The van der Waals surface area contributed by atoms with Gasteiger partial charge in [-0.3, -0.25) is 4.21 Å². The Morgan fingerprint density at radius 3 is 2.74 bits per heavy atom. The summed E-state index contributed by atoms with van der Waals surface area (Å²) in [5, 5.41) is 0.392. The molecule has 0 aliphatic carbocycles. The van der Waals surface area contributed by atoms with Crippen LogP contribution in [0.1, 0.15) is 5.56 Å². The van der Waals surface area contributed by atoms with Crippen molar-refractivity contribution < 1.29 is 8.60 Å². The van der Waals surface area contributed by atoms with Gasteiger partial charge in [0.1, 0.15) is 5.82 Å². The first-order chi connectivity index (χ1) is 8.97. The van der Waals surface area contributed by atoms with Crippen LogP contribution in [0, 0.1) is 5.82 Å². The van der Waals surface area contributed by atoms with Gasteiger partial charge in [-0.25, -0.2) is 4.39 Å². The molecule has 2 aromatic rings. The van der Waals surface area contributed by atoms with Gasteiger partial charge in [0.15, 0.2) is 0 Å². The second-order valence-corrected chi connectivity index (χ2v) is 6.65. The molecule has 0 radical (unpaired) electrons. The van der Waals surface area contributed by atoms with Crippen LogP contribution in [0.3, 0.4) is 0 Å². The van der Waals surface area contributed by atoms with Gasteiger partial charge in [-0.15, -0.1) is 0 Å². The quantitative estimate of drug-likeness (QED) is 0.834. The first kappa shape index (κ1) is 14.5. The zero-order valence-electron chi connectivity index (χ0n) is 9.70. The van der Waals surface area contributed by atoms with E-state index in [2.05, 4.69) is 15.9 Å². The van der Waals surface area contributed by atoms with E-state index in [0.717, 1.165) is 4.47 Å². The van der Waals surface area contributed by atoms with Crippen molar-refractivity contribution in [2.75, 3.05) is 5.73 Å². The van der Waals surface area contributed by atoms with Gasteiger partial charge in [0, 0.05) is 15.2 Å². The summed E-state index contributed by atoms with van der Waals surface area (Å²) in [7, 11) is -1.38. The third kappa shape index (κ3) is 3.55. The molecule has 0 amide bonds. The Bertz CT molecular complexity index is 651. The van der Waals surface area contributed by atoms with E-state index in [4.69, 9.17) is 17.3 Å². The Kier molecular flexibility index (Phi) is 4.60. The number of nitrogens with two attached hydrogens (primary N) is 1. The lowest BCUT2D eigenvalue weighted by Crippen LogP contribution is -2.01. The van der Waals surface area contributed by atoms with Crippen LogP contribution in [-0.2, 0) is 16.6 Å². The largest absolute Gasteiger partial charge is 0.398 e. The Balaban J connectivity index is 2.30. The molecule has 2 rings (SSSR count). The number of nitrogen functional groups attached to an aromatic ring is 1. The van der Waals surface area contributed by atoms with Crippen LogP contribution < -0.4 is 5.73 Å². The van der Waals surface area contributed by atoms with Crippen molar-refractivity contribution in [3.63, 3.8) is 0 Å². The van der Waals surface area contributed by atoms with E-state index < -0.39 is 16.6 Å². The first-order valence-corrected chi connectivity index (χ1v) is 7.83. The fourth-order valence-electron chi connectivity index (χ4n) is 1.58. The molecule has 0 aromatic heterocycles. The molecule has 0 heterocycles. The van der Waals surface area contributed by atoms with Crippen molar-refractivity contribution in [1.82, 2.24) is 0 Å². The molecule has 19 heavy (non-hydrogen) atoms. The Morgan fingerprint density at radius 1 is 1.26 bits per heavy atom. The predicted octanol–water partition coefficient (Wildman–Crippen LogP) is 4.13. The van der Waals surface area contributed by atoms with Crippen molar-refractivity contribution in [2.45, 2.75) is 10.6 Å². The third-order valence-electron chi connectivity index (χ3n) is 2.52. The molecule has 0 spiro atoms. The normalized spacial score (nSPS) is 12.4. The van der Waals surface area contributed by atoms with E-state index in [0.29, 0.717) is 21.2 Å². The number of rotatable bonds is 3. The Morgan fingerprint density at radius 2 is 2.00 bits per heavy atom.